The Morgan fingerprint density at radius 2 is 2.10 bits per heavy atom. The highest BCUT2D eigenvalue weighted by atomic mass is 32.1. The Morgan fingerprint density at radius 1 is 1.40 bits per heavy atom. The zero-order valence-corrected chi connectivity index (χ0v) is 11.8. The average Bonchev–Trinajstić information content (AvgIpc) is 2.45. The number of aromatic amines is 1. The summed E-state index contributed by atoms with van der Waals surface area (Å²) in [6, 6.07) is 8.51. The molecule has 0 bridgehead atoms. The number of rotatable bonds is 5. The predicted molar refractivity (Wildman–Crippen MR) is 79.5 cm³/mol. The fraction of sp³-hybridized carbons (Fsp3) is 0.214. The molecular formula is C14H15N3O2S. The van der Waals surface area contributed by atoms with Crippen molar-refractivity contribution in [3.05, 3.63) is 51.9 Å². The van der Waals surface area contributed by atoms with Crippen molar-refractivity contribution in [2.45, 2.75) is 19.9 Å². The number of nitrogens with one attached hydrogen (secondary N) is 2. The highest BCUT2D eigenvalue weighted by Gasteiger charge is 2.02. The Morgan fingerprint density at radius 3 is 2.70 bits per heavy atom. The minimum atomic E-state index is -0.921. The van der Waals surface area contributed by atoms with E-state index in [9.17, 15) is 4.79 Å². The summed E-state index contributed by atoms with van der Waals surface area (Å²) in [7, 11) is 0. The Bertz CT molecular complexity index is 665. The number of hydrogen-bond acceptors (Lipinski definition) is 4. The molecule has 0 aliphatic rings. The van der Waals surface area contributed by atoms with E-state index >= 15 is 0 Å². The molecule has 0 atom stereocenters. The Kier molecular flexibility index (Phi) is 4.47. The van der Waals surface area contributed by atoms with Crippen molar-refractivity contribution in [2.24, 2.45) is 0 Å². The molecule has 0 unspecified atom stereocenters. The molecule has 0 amide bonds. The molecule has 104 valence electrons. The van der Waals surface area contributed by atoms with Gasteiger partial charge in [0.05, 0.1) is 5.56 Å². The summed E-state index contributed by atoms with van der Waals surface area (Å²) in [6.45, 7) is 2.58. The third-order valence-corrected chi connectivity index (χ3v) is 3.02. The van der Waals surface area contributed by atoms with Crippen LogP contribution in [0.3, 0.4) is 0 Å². The van der Waals surface area contributed by atoms with E-state index in [1.807, 2.05) is 6.92 Å². The Hall–Kier alpha value is -2.21. The van der Waals surface area contributed by atoms with Crippen LogP contribution in [0.25, 0.3) is 0 Å². The quantitative estimate of drug-likeness (QED) is 0.737. The third kappa shape index (κ3) is 3.64. The standard InChI is InChI=1S/C14H15N3O2S/c1-2-11-16-12(7-13(20)17-11)15-8-9-3-5-10(6-4-9)14(18)19/h3-7H,2,8H2,1H3,(H,18,19)(H2,15,16,17,20). The van der Waals surface area contributed by atoms with Gasteiger partial charge in [-0.2, -0.15) is 0 Å². The van der Waals surface area contributed by atoms with Crippen molar-refractivity contribution in [3.63, 3.8) is 0 Å². The number of aromatic nitrogens is 2. The van der Waals surface area contributed by atoms with Gasteiger partial charge in [0.1, 0.15) is 16.3 Å². The summed E-state index contributed by atoms with van der Waals surface area (Å²) in [4.78, 5) is 18.1. The molecular weight excluding hydrogens is 274 g/mol. The largest absolute Gasteiger partial charge is 0.478 e. The zero-order valence-electron chi connectivity index (χ0n) is 11.0. The third-order valence-electron chi connectivity index (χ3n) is 2.81. The van der Waals surface area contributed by atoms with Gasteiger partial charge in [0, 0.05) is 19.0 Å². The van der Waals surface area contributed by atoms with Crippen molar-refractivity contribution in [2.75, 3.05) is 5.32 Å². The van der Waals surface area contributed by atoms with Crippen LogP contribution in [0, 0.1) is 4.64 Å². The second-order valence-corrected chi connectivity index (χ2v) is 4.71. The van der Waals surface area contributed by atoms with Crippen LogP contribution >= 0.6 is 12.2 Å². The van der Waals surface area contributed by atoms with Crippen LogP contribution in [-0.2, 0) is 13.0 Å². The second kappa shape index (κ2) is 6.29. The molecule has 0 fully saturated rings. The minimum absolute atomic E-state index is 0.283. The van der Waals surface area contributed by atoms with Gasteiger partial charge in [-0.15, -0.1) is 0 Å². The molecule has 1 heterocycles. The second-order valence-electron chi connectivity index (χ2n) is 4.29. The van der Waals surface area contributed by atoms with Gasteiger partial charge in [-0.05, 0) is 17.7 Å². The van der Waals surface area contributed by atoms with Gasteiger partial charge in [0.25, 0.3) is 0 Å². The molecule has 0 spiro atoms. The summed E-state index contributed by atoms with van der Waals surface area (Å²) in [5.41, 5.74) is 1.27. The molecule has 20 heavy (non-hydrogen) atoms. The minimum Gasteiger partial charge on any atom is -0.478 e. The van der Waals surface area contributed by atoms with Crippen molar-refractivity contribution in [3.8, 4) is 0 Å². The number of carboxylic acid groups (broad SMARTS) is 1. The molecule has 2 aromatic rings. The number of H-pyrrole nitrogens is 1. The number of carboxylic acids is 1. The van der Waals surface area contributed by atoms with Crippen LogP contribution in [-0.4, -0.2) is 21.0 Å². The molecule has 0 saturated heterocycles. The number of hydrogen-bond donors (Lipinski definition) is 3. The van der Waals surface area contributed by atoms with Gasteiger partial charge in [-0.1, -0.05) is 31.3 Å². The van der Waals surface area contributed by atoms with E-state index in [1.165, 1.54) is 0 Å². The van der Waals surface area contributed by atoms with Gasteiger partial charge in [-0.3, -0.25) is 0 Å². The summed E-state index contributed by atoms with van der Waals surface area (Å²) in [6.07, 6.45) is 0.784. The predicted octanol–water partition coefficient (Wildman–Crippen LogP) is 3.01. The average molecular weight is 289 g/mol. The maximum absolute atomic E-state index is 10.8. The number of aromatic carboxylic acids is 1. The topological polar surface area (TPSA) is 78.0 Å². The Labute approximate surface area is 121 Å². The van der Waals surface area contributed by atoms with Crippen LogP contribution in [0.1, 0.15) is 28.7 Å². The van der Waals surface area contributed by atoms with Crippen molar-refractivity contribution < 1.29 is 9.90 Å². The van der Waals surface area contributed by atoms with Crippen molar-refractivity contribution in [1.29, 1.82) is 0 Å². The molecule has 0 aliphatic carbocycles. The van der Waals surface area contributed by atoms with Crippen molar-refractivity contribution >= 4 is 24.0 Å². The number of anilines is 1. The first-order valence-electron chi connectivity index (χ1n) is 6.25. The first kappa shape index (κ1) is 14.2. The summed E-state index contributed by atoms with van der Waals surface area (Å²) >= 11 is 5.09. The van der Waals surface area contributed by atoms with Gasteiger partial charge in [-0.25, -0.2) is 9.78 Å². The van der Waals surface area contributed by atoms with E-state index in [4.69, 9.17) is 17.3 Å². The molecule has 0 aliphatic heterocycles. The van der Waals surface area contributed by atoms with Crippen LogP contribution in [0.15, 0.2) is 30.3 Å². The van der Waals surface area contributed by atoms with E-state index in [2.05, 4.69) is 15.3 Å². The lowest BCUT2D eigenvalue weighted by Gasteiger charge is -2.08. The molecule has 0 saturated carbocycles. The normalized spacial score (nSPS) is 10.2. The van der Waals surface area contributed by atoms with E-state index in [-0.39, 0.29) is 5.56 Å². The van der Waals surface area contributed by atoms with E-state index in [1.54, 1.807) is 30.3 Å². The molecule has 6 heteroatoms. The first-order valence-corrected chi connectivity index (χ1v) is 6.65. The fourth-order valence-corrected chi connectivity index (χ4v) is 1.96. The lowest BCUT2D eigenvalue weighted by atomic mass is 10.1. The van der Waals surface area contributed by atoms with Crippen LogP contribution in [0.4, 0.5) is 5.82 Å². The number of aryl methyl sites for hydroxylation is 1. The maximum atomic E-state index is 10.8. The molecule has 0 radical (unpaired) electrons. The maximum Gasteiger partial charge on any atom is 0.335 e. The monoisotopic (exact) mass is 289 g/mol. The Balaban J connectivity index is 2.06. The summed E-state index contributed by atoms with van der Waals surface area (Å²) < 4.78 is 0.546. The number of benzene rings is 1. The van der Waals surface area contributed by atoms with Crippen LogP contribution < -0.4 is 5.32 Å². The number of carbonyl (C=O) groups is 1. The molecule has 5 nitrogen and oxygen atoms in total. The van der Waals surface area contributed by atoms with Gasteiger partial charge >= 0.3 is 5.97 Å². The van der Waals surface area contributed by atoms with Crippen LogP contribution in [0.2, 0.25) is 0 Å². The lowest BCUT2D eigenvalue weighted by molar-refractivity contribution is 0.0697. The molecule has 2 rings (SSSR count). The zero-order chi connectivity index (χ0) is 14.5. The van der Waals surface area contributed by atoms with E-state index < -0.39 is 5.97 Å². The fourth-order valence-electron chi connectivity index (χ4n) is 1.73. The molecule has 3 N–H and O–H groups in total. The highest BCUT2D eigenvalue weighted by molar-refractivity contribution is 7.71. The van der Waals surface area contributed by atoms with Gasteiger partial charge < -0.3 is 15.4 Å². The summed E-state index contributed by atoms with van der Waals surface area (Å²) in [5.74, 6) is 0.723. The van der Waals surface area contributed by atoms with Crippen molar-refractivity contribution in [1.82, 2.24) is 9.97 Å². The van der Waals surface area contributed by atoms with E-state index in [0.29, 0.717) is 11.2 Å². The molecule has 1 aromatic carbocycles. The molecule has 1 aromatic heterocycles. The highest BCUT2D eigenvalue weighted by Crippen LogP contribution is 2.09. The van der Waals surface area contributed by atoms with E-state index in [0.717, 1.165) is 23.6 Å². The van der Waals surface area contributed by atoms with Gasteiger partial charge in [0.2, 0.25) is 0 Å². The smallest absolute Gasteiger partial charge is 0.335 e. The van der Waals surface area contributed by atoms with Crippen LogP contribution in [0.5, 0.6) is 0 Å². The number of nitrogens with zero attached hydrogens (tertiary/aromatic N) is 1. The first-order chi connectivity index (χ1) is 9.58. The SMILES string of the molecule is CCc1nc(=S)cc(NCc2ccc(C(=O)O)cc2)[nH]1. The summed E-state index contributed by atoms with van der Waals surface area (Å²) in [5, 5.41) is 12.0. The lowest BCUT2D eigenvalue weighted by Crippen LogP contribution is -2.04. The van der Waals surface area contributed by atoms with Gasteiger partial charge in [0.15, 0.2) is 0 Å².